The van der Waals surface area contributed by atoms with E-state index in [4.69, 9.17) is 0 Å². The zero-order chi connectivity index (χ0) is 20.5. The number of nitrogens with one attached hydrogen (secondary N) is 2. The first-order chi connectivity index (χ1) is 14.7. The number of hydrogen-bond acceptors (Lipinski definition) is 5. The standard InChI is InChI=1S/C23H20N6O/c1-14-8-15(6-7-24-14)23-18-12-25-17(9-16(18)11-27-23)10-22(30)26-13-21-28-19-4-2-3-5-20(19)29-21/h2-9,12H,10-11,13H2,1H3,(H,26,30)(H,28,29). The van der Waals surface area contributed by atoms with Gasteiger partial charge in [-0.2, -0.15) is 0 Å². The van der Waals surface area contributed by atoms with Gasteiger partial charge in [0.05, 0.1) is 41.9 Å². The summed E-state index contributed by atoms with van der Waals surface area (Å²) in [7, 11) is 0. The number of para-hydroxylation sites is 2. The lowest BCUT2D eigenvalue weighted by Crippen LogP contribution is -2.25. The highest BCUT2D eigenvalue weighted by Crippen LogP contribution is 2.23. The summed E-state index contributed by atoms with van der Waals surface area (Å²) >= 11 is 0. The first-order valence-electron chi connectivity index (χ1n) is 9.82. The number of aliphatic imine (C=N–C) groups is 1. The van der Waals surface area contributed by atoms with E-state index in [1.807, 2.05) is 55.6 Å². The van der Waals surface area contributed by atoms with Gasteiger partial charge in [0.15, 0.2) is 0 Å². The van der Waals surface area contributed by atoms with E-state index < -0.39 is 0 Å². The van der Waals surface area contributed by atoms with Crippen LogP contribution in [0.15, 0.2) is 59.9 Å². The van der Waals surface area contributed by atoms with Crippen molar-refractivity contribution in [2.45, 2.75) is 26.4 Å². The van der Waals surface area contributed by atoms with Crippen LogP contribution in [-0.4, -0.2) is 31.6 Å². The molecule has 1 aromatic carbocycles. The Bertz CT molecular complexity index is 1260. The molecule has 0 spiro atoms. The number of aromatic amines is 1. The lowest BCUT2D eigenvalue weighted by atomic mass is 10.0. The minimum absolute atomic E-state index is 0.0909. The Balaban J connectivity index is 1.24. The van der Waals surface area contributed by atoms with Crippen molar-refractivity contribution in [2.24, 2.45) is 4.99 Å². The van der Waals surface area contributed by atoms with Gasteiger partial charge in [-0.25, -0.2) is 4.98 Å². The van der Waals surface area contributed by atoms with E-state index in [1.165, 1.54) is 0 Å². The maximum atomic E-state index is 12.4. The Morgan fingerprint density at radius 2 is 2.07 bits per heavy atom. The number of carbonyl (C=O) groups excluding carboxylic acids is 1. The third-order valence-electron chi connectivity index (χ3n) is 5.11. The largest absolute Gasteiger partial charge is 0.349 e. The highest BCUT2D eigenvalue weighted by atomic mass is 16.1. The van der Waals surface area contributed by atoms with E-state index >= 15 is 0 Å². The molecule has 3 aromatic heterocycles. The molecule has 30 heavy (non-hydrogen) atoms. The van der Waals surface area contributed by atoms with Crippen molar-refractivity contribution < 1.29 is 4.79 Å². The molecule has 5 rings (SSSR count). The molecule has 2 N–H and O–H groups in total. The Labute approximate surface area is 173 Å². The number of H-pyrrole nitrogens is 1. The van der Waals surface area contributed by atoms with Gasteiger partial charge in [0.1, 0.15) is 5.82 Å². The van der Waals surface area contributed by atoms with Gasteiger partial charge in [0.2, 0.25) is 5.91 Å². The topological polar surface area (TPSA) is 95.9 Å². The Morgan fingerprint density at radius 1 is 1.17 bits per heavy atom. The van der Waals surface area contributed by atoms with E-state index in [0.717, 1.165) is 50.6 Å². The van der Waals surface area contributed by atoms with E-state index in [-0.39, 0.29) is 12.3 Å². The summed E-state index contributed by atoms with van der Waals surface area (Å²) in [5.41, 5.74) is 7.63. The predicted molar refractivity (Wildman–Crippen MR) is 114 cm³/mol. The number of fused-ring (bicyclic) bond motifs is 2. The van der Waals surface area contributed by atoms with Crippen LogP contribution in [0.5, 0.6) is 0 Å². The average molecular weight is 396 g/mol. The van der Waals surface area contributed by atoms with Gasteiger partial charge in [-0.05, 0) is 42.8 Å². The summed E-state index contributed by atoms with van der Waals surface area (Å²) in [6.07, 6.45) is 3.83. The number of pyridine rings is 2. The van der Waals surface area contributed by atoms with Crippen molar-refractivity contribution in [1.82, 2.24) is 25.3 Å². The minimum atomic E-state index is -0.0909. The second-order valence-electron chi connectivity index (χ2n) is 7.34. The molecular formula is C23H20N6O. The summed E-state index contributed by atoms with van der Waals surface area (Å²) < 4.78 is 0. The summed E-state index contributed by atoms with van der Waals surface area (Å²) in [6.45, 7) is 2.92. The predicted octanol–water partition coefficient (Wildman–Crippen LogP) is 2.87. The number of aryl methyl sites for hydroxylation is 1. The summed E-state index contributed by atoms with van der Waals surface area (Å²) in [5, 5.41) is 2.91. The Morgan fingerprint density at radius 3 is 2.93 bits per heavy atom. The van der Waals surface area contributed by atoms with Crippen LogP contribution in [0.25, 0.3) is 11.0 Å². The second kappa shape index (κ2) is 7.51. The van der Waals surface area contributed by atoms with Crippen LogP contribution in [0.3, 0.4) is 0 Å². The van der Waals surface area contributed by atoms with Crippen LogP contribution < -0.4 is 5.32 Å². The molecule has 0 radical (unpaired) electrons. The van der Waals surface area contributed by atoms with Crippen LogP contribution in [0.2, 0.25) is 0 Å². The van der Waals surface area contributed by atoms with Crippen LogP contribution in [0.4, 0.5) is 0 Å². The molecule has 0 unspecified atom stereocenters. The van der Waals surface area contributed by atoms with Crippen molar-refractivity contribution in [3.8, 4) is 0 Å². The van der Waals surface area contributed by atoms with E-state index in [2.05, 4.69) is 30.2 Å². The van der Waals surface area contributed by atoms with Crippen LogP contribution in [0.1, 0.15) is 33.9 Å². The van der Waals surface area contributed by atoms with Gasteiger partial charge < -0.3 is 10.3 Å². The average Bonchev–Trinajstić information content (AvgIpc) is 3.35. The molecule has 7 heteroatoms. The molecule has 1 amide bonds. The van der Waals surface area contributed by atoms with Crippen molar-refractivity contribution >= 4 is 22.7 Å². The molecule has 4 heterocycles. The maximum absolute atomic E-state index is 12.4. The van der Waals surface area contributed by atoms with E-state index in [1.54, 1.807) is 6.20 Å². The lowest BCUT2D eigenvalue weighted by Gasteiger charge is -2.07. The first kappa shape index (κ1) is 18.2. The third kappa shape index (κ3) is 3.57. The molecule has 0 saturated heterocycles. The fourth-order valence-corrected chi connectivity index (χ4v) is 3.67. The number of amides is 1. The van der Waals surface area contributed by atoms with Gasteiger partial charge in [-0.15, -0.1) is 0 Å². The number of carbonyl (C=O) groups is 1. The quantitative estimate of drug-likeness (QED) is 0.542. The summed E-state index contributed by atoms with van der Waals surface area (Å²) in [5.74, 6) is 0.643. The molecule has 1 aliphatic rings. The van der Waals surface area contributed by atoms with E-state index in [9.17, 15) is 4.79 Å². The molecule has 0 atom stereocenters. The van der Waals surface area contributed by atoms with Crippen LogP contribution in [0, 0.1) is 6.92 Å². The number of nitrogens with zero attached hydrogens (tertiary/aromatic N) is 4. The van der Waals surface area contributed by atoms with E-state index in [0.29, 0.717) is 13.1 Å². The Kier molecular flexibility index (Phi) is 4.55. The lowest BCUT2D eigenvalue weighted by molar-refractivity contribution is -0.120. The number of aromatic nitrogens is 4. The van der Waals surface area contributed by atoms with Gasteiger partial charge in [-0.3, -0.25) is 19.8 Å². The molecule has 4 aromatic rings. The monoisotopic (exact) mass is 396 g/mol. The van der Waals surface area contributed by atoms with Gasteiger partial charge in [0, 0.05) is 29.2 Å². The van der Waals surface area contributed by atoms with Crippen molar-refractivity contribution in [3.63, 3.8) is 0 Å². The fourth-order valence-electron chi connectivity index (χ4n) is 3.67. The zero-order valence-corrected chi connectivity index (χ0v) is 16.5. The second-order valence-corrected chi connectivity index (χ2v) is 7.34. The minimum Gasteiger partial charge on any atom is -0.349 e. The molecule has 148 valence electrons. The maximum Gasteiger partial charge on any atom is 0.226 e. The molecule has 0 bridgehead atoms. The highest BCUT2D eigenvalue weighted by molar-refractivity contribution is 6.15. The summed E-state index contributed by atoms with van der Waals surface area (Å²) in [4.78, 5) is 33.5. The number of hydrogen-bond donors (Lipinski definition) is 2. The number of imidazole rings is 1. The van der Waals surface area contributed by atoms with Gasteiger partial charge >= 0.3 is 0 Å². The molecule has 0 aliphatic carbocycles. The zero-order valence-electron chi connectivity index (χ0n) is 16.5. The SMILES string of the molecule is Cc1cc(C2=NCc3cc(CC(=O)NCc4nc5ccccc5[nH]4)ncc32)ccn1. The third-order valence-corrected chi connectivity index (χ3v) is 5.11. The van der Waals surface area contributed by atoms with Crippen LogP contribution in [-0.2, 0) is 24.3 Å². The molecule has 0 saturated carbocycles. The summed E-state index contributed by atoms with van der Waals surface area (Å²) in [6, 6.07) is 13.7. The number of rotatable bonds is 5. The van der Waals surface area contributed by atoms with Crippen molar-refractivity contribution in [1.29, 1.82) is 0 Å². The molecule has 0 fully saturated rings. The van der Waals surface area contributed by atoms with Gasteiger partial charge in [0.25, 0.3) is 0 Å². The number of benzene rings is 1. The van der Waals surface area contributed by atoms with Crippen LogP contribution >= 0.6 is 0 Å². The molecule has 1 aliphatic heterocycles. The first-order valence-corrected chi connectivity index (χ1v) is 9.82. The molecule has 7 nitrogen and oxygen atoms in total. The Hall–Kier alpha value is -3.87. The van der Waals surface area contributed by atoms with Crippen molar-refractivity contribution in [2.75, 3.05) is 0 Å². The molecular weight excluding hydrogens is 376 g/mol. The highest BCUT2D eigenvalue weighted by Gasteiger charge is 2.19. The fraction of sp³-hybridized carbons (Fsp3) is 0.174. The van der Waals surface area contributed by atoms with Gasteiger partial charge in [-0.1, -0.05) is 12.1 Å². The van der Waals surface area contributed by atoms with Crippen molar-refractivity contribution in [3.05, 3.63) is 88.8 Å². The smallest absolute Gasteiger partial charge is 0.226 e. The normalized spacial score (nSPS) is 12.6.